The van der Waals surface area contributed by atoms with Crippen molar-refractivity contribution in [3.05, 3.63) is 12.2 Å². The van der Waals surface area contributed by atoms with Gasteiger partial charge in [-0.25, -0.2) is 0 Å². The lowest BCUT2D eigenvalue weighted by Crippen LogP contribution is -2.48. The zero-order valence-electron chi connectivity index (χ0n) is 35.2. The number of amides is 1. The second-order valence-electron chi connectivity index (χ2n) is 16.3. The molecule has 0 aromatic heterocycles. The van der Waals surface area contributed by atoms with Gasteiger partial charge in [0.1, 0.15) is 6.10 Å². The highest BCUT2D eigenvalue weighted by Gasteiger charge is 2.22. The molecule has 0 aromatic carbocycles. The largest absolute Gasteiger partial charge is 0.394 e. The molecule has 0 radical (unpaired) electrons. The molecule has 0 bridgehead atoms. The van der Waals surface area contributed by atoms with E-state index in [-0.39, 0.29) is 6.61 Å². The summed E-state index contributed by atoms with van der Waals surface area (Å²) >= 11 is 0. The number of aliphatic hydroxyl groups excluding tert-OH is 3. The Hall–Kier alpha value is -0.910. The molecule has 0 rings (SSSR count). The van der Waals surface area contributed by atoms with Gasteiger partial charge in [0.15, 0.2) is 0 Å². The Kier molecular flexibility index (Phi) is 42.1. The second-order valence-corrected chi connectivity index (χ2v) is 16.3. The van der Waals surface area contributed by atoms with Crippen LogP contribution in [0.3, 0.4) is 0 Å². The highest BCUT2D eigenvalue weighted by Crippen LogP contribution is 2.17. The molecule has 0 aromatic rings. The topological polar surface area (TPSA) is 89.8 Å². The Bertz CT molecular complexity index is 728. The Morgan fingerprint density at radius 2 is 0.750 bits per heavy atom. The van der Waals surface area contributed by atoms with Crippen LogP contribution >= 0.6 is 0 Å². The molecule has 1 amide bonds. The molecular weight excluding hydrogens is 643 g/mol. The van der Waals surface area contributed by atoms with Crippen molar-refractivity contribution in [2.75, 3.05) is 6.61 Å². The molecule has 0 fully saturated rings. The van der Waals surface area contributed by atoms with Crippen LogP contribution in [-0.4, -0.2) is 46.1 Å². The first-order valence-electron chi connectivity index (χ1n) is 23.5. The number of hydrogen-bond acceptors (Lipinski definition) is 4. The van der Waals surface area contributed by atoms with Crippen molar-refractivity contribution in [2.45, 2.75) is 276 Å². The Morgan fingerprint density at radius 1 is 0.462 bits per heavy atom. The fourth-order valence-electron chi connectivity index (χ4n) is 7.42. The predicted octanol–water partition coefficient (Wildman–Crippen LogP) is 13.6. The van der Waals surface area contributed by atoms with Crippen LogP contribution in [0.25, 0.3) is 0 Å². The van der Waals surface area contributed by atoms with Gasteiger partial charge in [0.2, 0.25) is 5.91 Å². The molecule has 0 saturated carbocycles. The third-order valence-corrected chi connectivity index (χ3v) is 11.1. The smallest absolute Gasteiger partial charge is 0.249 e. The summed E-state index contributed by atoms with van der Waals surface area (Å²) in [6.07, 6.45) is 51.1. The maximum atomic E-state index is 12.5. The molecule has 0 aliphatic heterocycles. The van der Waals surface area contributed by atoms with Gasteiger partial charge < -0.3 is 20.6 Å². The summed E-state index contributed by atoms with van der Waals surface area (Å²) in [4.78, 5) is 12.5. The summed E-state index contributed by atoms with van der Waals surface area (Å²) in [5.74, 6) is -0.498. The van der Waals surface area contributed by atoms with Crippen LogP contribution in [0.4, 0.5) is 0 Å². The molecule has 0 aliphatic carbocycles. The van der Waals surface area contributed by atoms with E-state index in [1.54, 1.807) is 6.08 Å². The zero-order chi connectivity index (χ0) is 38.0. The second kappa shape index (κ2) is 42.8. The molecular formula is C47H93NO4. The minimum atomic E-state index is -1.09. The van der Waals surface area contributed by atoms with E-state index in [0.717, 1.165) is 32.1 Å². The Labute approximate surface area is 325 Å². The number of nitrogens with one attached hydrogen (secondary N) is 1. The number of carbonyl (C=O) groups is 1. The molecule has 0 saturated heterocycles. The van der Waals surface area contributed by atoms with Crippen LogP contribution in [0, 0.1) is 0 Å². The first kappa shape index (κ1) is 51.1. The Balaban J connectivity index is 3.62. The molecule has 3 unspecified atom stereocenters. The third-order valence-electron chi connectivity index (χ3n) is 11.1. The van der Waals surface area contributed by atoms with Gasteiger partial charge in [-0.2, -0.15) is 0 Å². The Morgan fingerprint density at radius 3 is 1.06 bits per heavy atom. The van der Waals surface area contributed by atoms with E-state index in [1.165, 1.54) is 205 Å². The van der Waals surface area contributed by atoms with Crippen molar-refractivity contribution in [3.8, 4) is 0 Å². The number of aliphatic hydroxyl groups is 3. The standard InChI is InChI=1S/C47H93NO4/c1-3-5-7-9-11-13-15-17-19-21-23-25-27-29-31-33-35-37-39-41-45(50)44(43-49)48-47(52)46(51)42-40-38-36-34-32-30-28-26-24-22-20-18-16-14-12-10-8-6-4-2/h39,41,44-46,49-51H,3-38,40,42-43H2,1-2H3,(H,48,52)/b41-39+. The van der Waals surface area contributed by atoms with Crippen LogP contribution in [-0.2, 0) is 4.79 Å². The fourth-order valence-corrected chi connectivity index (χ4v) is 7.42. The van der Waals surface area contributed by atoms with Gasteiger partial charge >= 0.3 is 0 Å². The van der Waals surface area contributed by atoms with Gasteiger partial charge in [0, 0.05) is 0 Å². The number of allylic oxidation sites excluding steroid dienone is 1. The van der Waals surface area contributed by atoms with Crippen molar-refractivity contribution in [2.24, 2.45) is 0 Å². The molecule has 0 heterocycles. The number of hydrogen-bond donors (Lipinski definition) is 4. The van der Waals surface area contributed by atoms with Crippen molar-refractivity contribution in [1.29, 1.82) is 0 Å². The average Bonchev–Trinajstić information content (AvgIpc) is 3.15. The van der Waals surface area contributed by atoms with Gasteiger partial charge in [-0.05, 0) is 19.3 Å². The minimum Gasteiger partial charge on any atom is -0.394 e. The van der Waals surface area contributed by atoms with Crippen molar-refractivity contribution in [1.82, 2.24) is 5.32 Å². The molecule has 4 N–H and O–H groups in total. The van der Waals surface area contributed by atoms with Crippen LogP contribution in [0.5, 0.6) is 0 Å². The average molecular weight is 736 g/mol. The van der Waals surface area contributed by atoms with E-state index in [2.05, 4.69) is 19.2 Å². The van der Waals surface area contributed by atoms with E-state index < -0.39 is 24.2 Å². The van der Waals surface area contributed by atoms with Gasteiger partial charge in [-0.3, -0.25) is 4.79 Å². The maximum absolute atomic E-state index is 12.5. The zero-order valence-corrected chi connectivity index (χ0v) is 35.2. The lowest BCUT2D eigenvalue weighted by molar-refractivity contribution is -0.131. The highest BCUT2D eigenvalue weighted by atomic mass is 16.3. The first-order valence-corrected chi connectivity index (χ1v) is 23.5. The van der Waals surface area contributed by atoms with Crippen molar-refractivity contribution in [3.63, 3.8) is 0 Å². The van der Waals surface area contributed by atoms with E-state index >= 15 is 0 Å². The van der Waals surface area contributed by atoms with Gasteiger partial charge in [0.05, 0.1) is 18.8 Å². The number of rotatable bonds is 43. The lowest BCUT2D eigenvalue weighted by atomic mass is 10.0. The molecule has 0 aliphatic rings. The minimum absolute atomic E-state index is 0.359. The van der Waals surface area contributed by atoms with E-state index in [9.17, 15) is 20.1 Å². The van der Waals surface area contributed by atoms with E-state index in [4.69, 9.17) is 0 Å². The first-order chi connectivity index (χ1) is 25.6. The van der Waals surface area contributed by atoms with Crippen LogP contribution < -0.4 is 5.32 Å². The molecule has 3 atom stereocenters. The molecule has 5 heteroatoms. The monoisotopic (exact) mass is 736 g/mol. The molecule has 52 heavy (non-hydrogen) atoms. The molecule has 0 spiro atoms. The molecule has 310 valence electrons. The van der Waals surface area contributed by atoms with Crippen LogP contribution in [0.1, 0.15) is 258 Å². The predicted molar refractivity (Wildman–Crippen MR) is 227 cm³/mol. The summed E-state index contributed by atoms with van der Waals surface area (Å²) in [6, 6.07) is -0.793. The van der Waals surface area contributed by atoms with E-state index in [1.807, 2.05) is 6.08 Å². The summed E-state index contributed by atoms with van der Waals surface area (Å²) < 4.78 is 0. The fraction of sp³-hybridized carbons (Fsp3) is 0.936. The van der Waals surface area contributed by atoms with E-state index in [0.29, 0.717) is 6.42 Å². The van der Waals surface area contributed by atoms with Gasteiger partial charge in [-0.15, -0.1) is 0 Å². The highest BCUT2D eigenvalue weighted by molar-refractivity contribution is 5.80. The van der Waals surface area contributed by atoms with Crippen molar-refractivity contribution >= 4 is 5.91 Å². The quantitative estimate of drug-likeness (QED) is 0.0371. The van der Waals surface area contributed by atoms with Crippen LogP contribution in [0.15, 0.2) is 12.2 Å². The SMILES string of the molecule is CCCCCCCCCCCCCCCCCCC/C=C/C(O)C(CO)NC(=O)C(O)CCCCCCCCCCCCCCCCCCCCC. The van der Waals surface area contributed by atoms with Crippen molar-refractivity contribution < 1.29 is 20.1 Å². The summed E-state index contributed by atoms with van der Waals surface area (Å²) in [6.45, 7) is 4.21. The normalized spacial score (nSPS) is 13.6. The number of carbonyl (C=O) groups excluding carboxylic acids is 1. The van der Waals surface area contributed by atoms with Gasteiger partial charge in [0.25, 0.3) is 0 Å². The maximum Gasteiger partial charge on any atom is 0.249 e. The lowest BCUT2D eigenvalue weighted by Gasteiger charge is -2.21. The summed E-state index contributed by atoms with van der Waals surface area (Å²) in [5.41, 5.74) is 0. The molecule has 5 nitrogen and oxygen atoms in total. The third kappa shape index (κ3) is 37.4. The van der Waals surface area contributed by atoms with Crippen LogP contribution in [0.2, 0.25) is 0 Å². The summed E-state index contributed by atoms with van der Waals surface area (Å²) in [5, 5.41) is 33.2. The number of unbranched alkanes of at least 4 members (excludes halogenated alkanes) is 35. The summed E-state index contributed by atoms with van der Waals surface area (Å²) in [7, 11) is 0. The van der Waals surface area contributed by atoms with Gasteiger partial charge in [-0.1, -0.05) is 251 Å².